The van der Waals surface area contributed by atoms with Gasteiger partial charge in [0.1, 0.15) is 0 Å². The Morgan fingerprint density at radius 3 is 2.82 bits per heavy atom. The van der Waals surface area contributed by atoms with Gasteiger partial charge < -0.3 is 16.4 Å². The van der Waals surface area contributed by atoms with Crippen molar-refractivity contribution in [2.75, 3.05) is 23.7 Å². The van der Waals surface area contributed by atoms with Crippen LogP contribution >= 0.6 is 23.7 Å². The van der Waals surface area contributed by atoms with Crippen molar-refractivity contribution in [2.45, 2.75) is 38.6 Å². The normalized spacial score (nSPS) is 24.4. The molecule has 1 aliphatic heterocycles. The highest BCUT2D eigenvalue weighted by atomic mass is 35.5. The van der Waals surface area contributed by atoms with Crippen LogP contribution in [0.25, 0.3) is 10.2 Å². The van der Waals surface area contributed by atoms with Crippen molar-refractivity contribution in [3.8, 4) is 0 Å². The van der Waals surface area contributed by atoms with Crippen LogP contribution in [0.1, 0.15) is 30.2 Å². The highest BCUT2D eigenvalue weighted by Gasteiger charge is 2.27. The number of nitrogens with zero attached hydrogens (tertiary/aromatic N) is 3. The number of thiophene rings is 1. The first kappa shape index (κ1) is 15.8. The third kappa shape index (κ3) is 2.53. The average Bonchev–Trinajstić information content (AvgIpc) is 3.02. The number of rotatable bonds is 1. The third-order valence-electron chi connectivity index (χ3n) is 4.65. The van der Waals surface area contributed by atoms with Gasteiger partial charge in [-0.15, -0.1) is 23.7 Å². The molecule has 0 saturated carbocycles. The molecule has 2 aliphatic rings. The quantitative estimate of drug-likeness (QED) is 0.833. The second kappa shape index (κ2) is 5.83. The number of anilines is 2. The molecule has 4 N–H and O–H groups in total. The van der Waals surface area contributed by atoms with Gasteiger partial charge in [-0.1, -0.05) is 6.92 Å². The van der Waals surface area contributed by atoms with Gasteiger partial charge in [-0.25, -0.2) is 4.98 Å². The molecule has 0 spiro atoms. The van der Waals surface area contributed by atoms with Crippen LogP contribution in [-0.2, 0) is 12.8 Å². The van der Waals surface area contributed by atoms with Crippen LogP contribution in [0.15, 0.2) is 0 Å². The van der Waals surface area contributed by atoms with Crippen LogP contribution in [0.3, 0.4) is 0 Å². The lowest BCUT2D eigenvalue weighted by molar-refractivity contribution is 0.508. The largest absolute Gasteiger partial charge is 0.368 e. The lowest BCUT2D eigenvalue weighted by Gasteiger charge is -2.18. The number of hydrogen-bond donors (Lipinski definition) is 2. The number of hydrogen-bond acceptors (Lipinski definition) is 6. The fourth-order valence-electron chi connectivity index (χ4n) is 3.51. The highest BCUT2D eigenvalue weighted by Crippen LogP contribution is 2.41. The Labute approximate surface area is 140 Å². The molecule has 3 heterocycles. The van der Waals surface area contributed by atoms with E-state index in [9.17, 15) is 0 Å². The zero-order chi connectivity index (χ0) is 14.6. The van der Waals surface area contributed by atoms with Gasteiger partial charge in [0, 0.05) is 24.0 Å². The Morgan fingerprint density at radius 1 is 1.27 bits per heavy atom. The van der Waals surface area contributed by atoms with E-state index in [1.54, 1.807) is 0 Å². The van der Waals surface area contributed by atoms with Gasteiger partial charge in [-0.2, -0.15) is 4.98 Å². The Morgan fingerprint density at radius 2 is 2.09 bits per heavy atom. The summed E-state index contributed by atoms with van der Waals surface area (Å²) in [6.07, 6.45) is 4.57. The summed E-state index contributed by atoms with van der Waals surface area (Å²) >= 11 is 1.86. The van der Waals surface area contributed by atoms with Crippen LogP contribution in [0.4, 0.5) is 11.8 Å². The molecule has 2 aromatic heterocycles. The Balaban J connectivity index is 0.00000144. The number of aromatic nitrogens is 2. The van der Waals surface area contributed by atoms with Gasteiger partial charge in [-0.3, -0.25) is 0 Å². The Hall–Kier alpha value is -1.11. The predicted molar refractivity (Wildman–Crippen MR) is 95.1 cm³/mol. The molecule has 0 radical (unpaired) electrons. The maximum absolute atomic E-state index is 6.05. The maximum atomic E-state index is 6.05. The molecule has 2 atom stereocenters. The van der Waals surface area contributed by atoms with Crippen molar-refractivity contribution in [3.63, 3.8) is 0 Å². The van der Waals surface area contributed by atoms with Crippen LogP contribution < -0.4 is 16.4 Å². The van der Waals surface area contributed by atoms with E-state index in [1.807, 2.05) is 11.3 Å². The first-order valence-corrected chi connectivity index (χ1v) is 8.51. The molecule has 4 rings (SSSR count). The fourth-order valence-corrected chi connectivity index (χ4v) is 4.81. The van der Waals surface area contributed by atoms with E-state index in [0.29, 0.717) is 5.95 Å². The van der Waals surface area contributed by atoms with Crippen LogP contribution in [0.5, 0.6) is 0 Å². The zero-order valence-electron chi connectivity index (χ0n) is 12.7. The van der Waals surface area contributed by atoms with Gasteiger partial charge in [0.15, 0.2) is 5.82 Å². The molecule has 22 heavy (non-hydrogen) atoms. The second-order valence-electron chi connectivity index (χ2n) is 6.43. The summed E-state index contributed by atoms with van der Waals surface area (Å²) in [7, 11) is 0. The van der Waals surface area contributed by atoms with Crippen molar-refractivity contribution in [1.29, 1.82) is 0 Å². The fraction of sp³-hybridized carbons (Fsp3) is 0.600. The molecule has 1 saturated heterocycles. The predicted octanol–water partition coefficient (Wildman–Crippen LogP) is 2.36. The van der Waals surface area contributed by atoms with Crippen LogP contribution in [0, 0.1) is 5.92 Å². The topological polar surface area (TPSA) is 81.1 Å². The van der Waals surface area contributed by atoms with Gasteiger partial charge in [0.05, 0.1) is 10.2 Å². The van der Waals surface area contributed by atoms with Crippen LogP contribution in [0.2, 0.25) is 0 Å². The Kier molecular flexibility index (Phi) is 4.18. The molecule has 0 bridgehead atoms. The van der Waals surface area contributed by atoms with Gasteiger partial charge >= 0.3 is 0 Å². The van der Waals surface area contributed by atoms with E-state index in [0.717, 1.165) is 49.6 Å². The lowest BCUT2D eigenvalue weighted by atomic mass is 9.89. The summed E-state index contributed by atoms with van der Waals surface area (Å²) < 4.78 is 1.21. The van der Waals surface area contributed by atoms with Gasteiger partial charge in [0.25, 0.3) is 0 Å². The number of halogens is 1. The summed E-state index contributed by atoms with van der Waals surface area (Å²) in [5.41, 5.74) is 14.5. The van der Waals surface area contributed by atoms with Crippen molar-refractivity contribution in [3.05, 3.63) is 10.4 Å². The molecule has 5 nitrogen and oxygen atoms in total. The average molecular weight is 340 g/mol. The SMILES string of the molecule is CC1CCc2sc3c(N4CC[C@H](N)C4)nc(N)nc3c2C1.Cl. The van der Waals surface area contributed by atoms with Crippen molar-refractivity contribution < 1.29 is 0 Å². The summed E-state index contributed by atoms with van der Waals surface area (Å²) in [6, 6.07) is 0.242. The van der Waals surface area contributed by atoms with Crippen molar-refractivity contribution >= 4 is 45.7 Å². The molecular weight excluding hydrogens is 318 g/mol. The molecule has 0 aromatic carbocycles. The molecule has 0 amide bonds. The first-order valence-electron chi connectivity index (χ1n) is 7.70. The number of nitrogens with two attached hydrogens (primary N) is 2. The van der Waals surface area contributed by atoms with E-state index in [-0.39, 0.29) is 18.4 Å². The standard InChI is InChI=1S/C15H21N5S.ClH/c1-8-2-3-11-10(6-8)12-13(21-11)14(19-15(17)18-12)20-5-4-9(16)7-20;/h8-9H,2-7,16H2,1H3,(H2,17,18,19);1H/t8?,9-;/m0./s1. The minimum atomic E-state index is 0. The second-order valence-corrected chi connectivity index (χ2v) is 7.53. The van der Waals surface area contributed by atoms with E-state index in [4.69, 9.17) is 11.5 Å². The molecule has 120 valence electrons. The van der Waals surface area contributed by atoms with Crippen molar-refractivity contribution in [1.82, 2.24) is 9.97 Å². The van der Waals surface area contributed by atoms with E-state index in [2.05, 4.69) is 21.8 Å². The van der Waals surface area contributed by atoms with Gasteiger partial charge in [0.2, 0.25) is 5.95 Å². The lowest BCUT2D eigenvalue weighted by Crippen LogP contribution is -2.27. The minimum Gasteiger partial charge on any atom is -0.368 e. The molecular formula is C15H22ClN5S. The number of nitrogen functional groups attached to an aromatic ring is 1. The molecule has 2 aromatic rings. The number of aryl methyl sites for hydroxylation is 1. The van der Waals surface area contributed by atoms with E-state index >= 15 is 0 Å². The first-order chi connectivity index (χ1) is 10.1. The summed E-state index contributed by atoms with van der Waals surface area (Å²) in [4.78, 5) is 12.8. The van der Waals surface area contributed by atoms with Crippen molar-refractivity contribution in [2.24, 2.45) is 11.7 Å². The summed E-state index contributed by atoms with van der Waals surface area (Å²) in [5.74, 6) is 2.12. The number of fused-ring (bicyclic) bond motifs is 3. The van der Waals surface area contributed by atoms with Crippen LogP contribution in [-0.4, -0.2) is 29.1 Å². The molecule has 1 unspecified atom stereocenters. The highest BCUT2D eigenvalue weighted by molar-refractivity contribution is 7.19. The summed E-state index contributed by atoms with van der Waals surface area (Å²) in [6.45, 7) is 4.15. The monoisotopic (exact) mass is 339 g/mol. The molecule has 1 aliphatic carbocycles. The maximum Gasteiger partial charge on any atom is 0.222 e. The Bertz CT molecular complexity index is 701. The molecule has 1 fully saturated rings. The third-order valence-corrected chi connectivity index (χ3v) is 5.93. The minimum absolute atomic E-state index is 0. The smallest absolute Gasteiger partial charge is 0.222 e. The van der Waals surface area contributed by atoms with E-state index < -0.39 is 0 Å². The van der Waals surface area contributed by atoms with Gasteiger partial charge in [-0.05, 0) is 37.2 Å². The molecule has 7 heteroatoms. The van der Waals surface area contributed by atoms with E-state index in [1.165, 1.54) is 21.6 Å². The summed E-state index contributed by atoms with van der Waals surface area (Å²) in [5, 5.41) is 0. The zero-order valence-corrected chi connectivity index (χ0v) is 14.3.